The highest BCUT2D eigenvalue weighted by Crippen LogP contribution is 2.37. The quantitative estimate of drug-likeness (QED) is 0.326. The van der Waals surface area contributed by atoms with E-state index in [1.807, 2.05) is 18.2 Å². The number of fused-ring (bicyclic) bond motifs is 1. The maximum absolute atomic E-state index is 13.7. The first kappa shape index (κ1) is 30.3. The van der Waals surface area contributed by atoms with Crippen molar-refractivity contribution in [2.24, 2.45) is 0 Å². The van der Waals surface area contributed by atoms with Crippen LogP contribution in [-0.4, -0.2) is 56.3 Å². The molecule has 1 unspecified atom stereocenters. The maximum atomic E-state index is 13.7. The van der Waals surface area contributed by atoms with Gasteiger partial charge in [0.25, 0.3) is 0 Å². The number of aliphatic hydroxyl groups excluding tert-OH is 1. The van der Waals surface area contributed by atoms with Crippen LogP contribution >= 0.6 is 0 Å². The molecule has 3 N–H and O–H groups in total. The molecule has 0 bridgehead atoms. The Labute approximate surface area is 247 Å². The minimum absolute atomic E-state index is 0.0965. The fourth-order valence-electron chi connectivity index (χ4n) is 5.44. The predicted molar refractivity (Wildman–Crippen MR) is 155 cm³/mol. The van der Waals surface area contributed by atoms with Crippen molar-refractivity contribution in [3.63, 3.8) is 0 Å². The fraction of sp³-hybridized carbons (Fsp3) is 0.419. The summed E-state index contributed by atoms with van der Waals surface area (Å²) >= 11 is 0. The monoisotopic (exact) mass is 597 g/mol. The van der Waals surface area contributed by atoms with E-state index in [4.69, 9.17) is 4.74 Å². The maximum Gasteiger partial charge on any atom is 0.416 e. The molecule has 1 aliphatic heterocycles. The van der Waals surface area contributed by atoms with E-state index in [1.54, 1.807) is 26.8 Å². The number of nitrogens with zero attached hydrogens (tertiary/aromatic N) is 3. The SMILES string of the molecule is CC(C)(C)OC(=O)N1CCCC1C(=O)Nc1cc(C(F)(F)F)ccc1-c1cc(Nc2cccc3c2C[C@H](O)CC3)ncn1. The van der Waals surface area contributed by atoms with Crippen LogP contribution in [0.25, 0.3) is 11.3 Å². The summed E-state index contributed by atoms with van der Waals surface area (Å²) in [7, 11) is 0. The molecule has 2 heterocycles. The summed E-state index contributed by atoms with van der Waals surface area (Å²) in [5.41, 5.74) is 1.60. The lowest BCUT2D eigenvalue weighted by atomic mass is 9.88. The van der Waals surface area contributed by atoms with Crippen molar-refractivity contribution in [3.05, 3.63) is 65.5 Å². The average molecular weight is 598 g/mol. The first-order valence-electron chi connectivity index (χ1n) is 14.2. The third-order valence-electron chi connectivity index (χ3n) is 7.45. The van der Waals surface area contributed by atoms with Gasteiger partial charge < -0.3 is 20.5 Å². The number of alkyl halides is 3. The number of hydrogen-bond donors (Lipinski definition) is 3. The van der Waals surface area contributed by atoms with Crippen molar-refractivity contribution < 1.29 is 32.6 Å². The first-order valence-corrected chi connectivity index (χ1v) is 14.2. The Kier molecular flexibility index (Phi) is 8.33. The summed E-state index contributed by atoms with van der Waals surface area (Å²) in [6.07, 6.45) is -1.64. The average Bonchev–Trinajstić information content (AvgIpc) is 3.43. The van der Waals surface area contributed by atoms with E-state index in [-0.39, 0.29) is 16.9 Å². The third kappa shape index (κ3) is 7.07. The van der Waals surface area contributed by atoms with Crippen LogP contribution in [0.1, 0.15) is 56.7 Å². The van der Waals surface area contributed by atoms with Gasteiger partial charge in [0, 0.05) is 30.3 Å². The summed E-state index contributed by atoms with van der Waals surface area (Å²) in [5.74, 6) is -0.228. The van der Waals surface area contributed by atoms with Crippen LogP contribution in [0.3, 0.4) is 0 Å². The van der Waals surface area contributed by atoms with Gasteiger partial charge in [-0.1, -0.05) is 18.2 Å². The minimum atomic E-state index is -4.65. The highest BCUT2D eigenvalue weighted by atomic mass is 19.4. The van der Waals surface area contributed by atoms with Crippen LogP contribution in [0.15, 0.2) is 48.8 Å². The highest BCUT2D eigenvalue weighted by molar-refractivity contribution is 6.00. The molecule has 3 aromatic rings. The smallest absolute Gasteiger partial charge is 0.416 e. The van der Waals surface area contributed by atoms with Gasteiger partial charge in [0.2, 0.25) is 5.91 Å². The summed E-state index contributed by atoms with van der Waals surface area (Å²) in [5, 5.41) is 16.1. The normalized spacial score (nSPS) is 18.6. The zero-order valence-electron chi connectivity index (χ0n) is 24.2. The van der Waals surface area contributed by atoms with Crippen LogP contribution in [0.5, 0.6) is 0 Å². The molecule has 1 saturated heterocycles. The molecule has 2 amide bonds. The number of ether oxygens (including phenoxy) is 1. The van der Waals surface area contributed by atoms with Crippen molar-refractivity contribution in [2.45, 2.75) is 76.8 Å². The number of amides is 2. The Balaban J connectivity index is 1.44. The predicted octanol–water partition coefficient (Wildman–Crippen LogP) is 6.09. The standard InChI is InChI=1S/C31H34F3N5O4/c1-30(2,3)43-29(42)39-13-5-8-26(39)28(41)38-25-14-19(31(32,33)34)10-12-21(25)24-16-27(36-17-35-24)37-23-7-4-6-18-9-11-20(40)15-22(18)23/h4,6-7,10,12,14,16-17,20,26,40H,5,8-9,11,13,15H2,1-3H3,(H,38,41)(H,35,36,37)/t20-,26?/m1/s1. The van der Waals surface area contributed by atoms with Crippen molar-refractivity contribution in [1.29, 1.82) is 0 Å². The number of likely N-dealkylation sites (tertiary alicyclic amines) is 1. The number of aromatic nitrogens is 2. The van der Waals surface area contributed by atoms with Crippen LogP contribution in [-0.2, 0) is 28.5 Å². The number of aryl methyl sites for hydroxylation is 1. The topological polar surface area (TPSA) is 117 Å². The number of anilines is 3. The van der Waals surface area contributed by atoms with Crippen LogP contribution in [0.4, 0.5) is 35.2 Å². The highest BCUT2D eigenvalue weighted by Gasteiger charge is 2.37. The van der Waals surface area contributed by atoms with Gasteiger partial charge in [0.15, 0.2) is 0 Å². The molecule has 0 radical (unpaired) electrons. The molecule has 0 spiro atoms. The second-order valence-corrected chi connectivity index (χ2v) is 11.8. The molecule has 9 nitrogen and oxygen atoms in total. The molecule has 1 aliphatic carbocycles. The second-order valence-electron chi connectivity index (χ2n) is 11.8. The molecule has 1 fully saturated rings. The Bertz CT molecular complexity index is 1520. The Morgan fingerprint density at radius 2 is 1.84 bits per heavy atom. The van der Waals surface area contributed by atoms with E-state index in [0.717, 1.165) is 35.4 Å². The van der Waals surface area contributed by atoms with Crippen molar-refractivity contribution in [3.8, 4) is 11.3 Å². The number of halogens is 3. The van der Waals surface area contributed by atoms with Gasteiger partial charge >= 0.3 is 12.3 Å². The number of hydrogen-bond acceptors (Lipinski definition) is 7. The Morgan fingerprint density at radius 3 is 2.58 bits per heavy atom. The lowest BCUT2D eigenvalue weighted by Crippen LogP contribution is -2.45. The van der Waals surface area contributed by atoms with Gasteiger partial charge in [-0.05, 0) is 75.8 Å². The zero-order valence-corrected chi connectivity index (χ0v) is 24.2. The van der Waals surface area contributed by atoms with Crippen molar-refractivity contribution >= 4 is 29.2 Å². The van der Waals surface area contributed by atoms with E-state index in [9.17, 15) is 27.9 Å². The van der Waals surface area contributed by atoms with Gasteiger partial charge in [-0.15, -0.1) is 0 Å². The second kappa shape index (κ2) is 11.8. The van der Waals surface area contributed by atoms with Gasteiger partial charge in [-0.2, -0.15) is 13.2 Å². The zero-order chi connectivity index (χ0) is 30.9. The molecule has 12 heteroatoms. The van der Waals surface area contributed by atoms with Gasteiger partial charge in [-0.3, -0.25) is 9.69 Å². The molecule has 228 valence electrons. The van der Waals surface area contributed by atoms with E-state index in [2.05, 4.69) is 20.6 Å². The number of aliphatic hydroxyl groups is 1. The van der Waals surface area contributed by atoms with E-state index >= 15 is 0 Å². The van der Waals surface area contributed by atoms with E-state index < -0.39 is 41.5 Å². The molecule has 43 heavy (non-hydrogen) atoms. The molecule has 2 aliphatic rings. The van der Waals surface area contributed by atoms with E-state index in [1.165, 1.54) is 17.3 Å². The number of carbonyl (C=O) groups is 2. The minimum Gasteiger partial charge on any atom is -0.444 e. The Morgan fingerprint density at radius 1 is 1.05 bits per heavy atom. The molecule has 2 aromatic carbocycles. The third-order valence-corrected chi connectivity index (χ3v) is 7.45. The van der Waals surface area contributed by atoms with Crippen LogP contribution in [0, 0.1) is 0 Å². The fourth-order valence-corrected chi connectivity index (χ4v) is 5.44. The van der Waals surface area contributed by atoms with Gasteiger partial charge in [0.1, 0.15) is 23.8 Å². The molecule has 1 aromatic heterocycles. The van der Waals surface area contributed by atoms with Crippen LogP contribution < -0.4 is 10.6 Å². The summed E-state index contributed by atoms with van der Waals surface area (Å²) in [6.45, 7) is 5.44. The number of benzene rings is 2. The molecule has 5 rings (SSSR count). The van der Waals surface area contributed by atoms with Gasteiger partial charge in [-0.25, -0.2) is 14.8 Å². The summed E-state index contributed by atoms with van der Waals surface area (Å²) < 4.78 is 46.5. The van der Waals surface area contributed by atoms with E-state index in [0.29, 0.717) is 38.0 Å². The number of carbonyl (C=O) groups excluding carboxylic acids is 2. The van der Waals surface area contributed by atoms with Gasteiger partial charge in [0.05, 0.1) is 23.0 Å². The summed E-state index contributed by atoms with van der Waals surface area (Å²) in [4.78, 5) is 36.0. The number of nitrogens with one attached hydrogen (secondary N) is 2. The molecular weight excluding hydrogens is 563 g/mol. The largest absolute Gasteiger partial charge is 0.444 e. The molecule has 2 atom stereocenters. The van der Waals surface area contributed by atoms with Crippen LogP contribution in [0.2, 0.25) is 0 Å². The lowest BCUT2D eigenvalue weighted by Gasteiger charge is -2.28. The first-order chi connectivity index (χ1) is 20.3. The van der Waals surface area contributed by atoms with Crippen molar-refractivity contribution in [2.75, 3.05) is 17.2 Å². The van der Waals surface area contributed by atoms with Crippen molar-refractivity contribution in [1.82, 2.24) is 14.9 Å². The molecular formula is C31H34F3N5O4. The molecule has 0 saturated carbocycles. The Hall–Kier alpha value is -4.19. The lowest BCUT2D eigenvalue weighted by molar-refractivity contribution is -0.137. The summed E-state index contributed by atoms with van der Waals surface area (Å²) in [6, 6.07) is 9.53. The number of rotatable bonds is 5.